The summed E-state index contributed by atoms with van der Waals surface area (Å²) in [7, 11) is 1.56. The average molecular weight is 437 g/mol. The molecular formula is C24H24FN3O4. The second-order valence-corrected chi connectivity index (χ2v) is 7.82. The normalized spacial score (nSPS) is 18.1. The number of aromatic nitrogens is 2. The van der Waals surface area contributed by atoms with Crippen molar-refractivity contribution < 1.29 is 23.8 Å². The Hall–Kier alpha value is -3.52. The summed E-state index contributed by atoms with van der Waals surface area (Å²) < 4.78 is 20.5. The number of carbonyl (C=O) groups excluding carboxylic acids is 2. The number of fused-ring (bicyclic) bond motifs is 1. The molecule has 0 spiro atoms. The second-order valence-electron chi connectivity index (χ2n) is 7.82. The summed E-state index contributed by atoms with van der Waals surface area (Å²) in [5.41, 5.74) is 2.92. The molecule has 8 heteroatoms. The summed E-state index contributed by atoms with van der Waals surface area (Å²) in [5.74, 6) is -2.28. The fourth-order valence-electron chi connectivity index (χ4n) is 4.16. The van der Waals surface area contributed by atoms with Gasteiger partial charge >= 0.3 is 0 Å². The lowest BCUT2D eigenvalue weighted by atomic mass is 9.96. The van der Waals surface area contributed by atoms with Crippen molar-refractivity contribution in [1.82, 2.24) is 14.3 Å². The van der Waals surface area contributed by atoms with Gasteiger partial charge in [-0.2, -0.15) is 0 Å². The summed E-state index contributed by atoms with van der Waals surface area (Å²) >= 11 is 0. The molecule has 1 amide bonds. The number of Topliss-reactive ketones (excluding diaryl/α,β-unsaturated/α-hetero) is 1. The topological polar surface area (TPSA) is 84.1 Å². The maximum atomic E-state index is 13.6. The minimum atomic E-state index is -0.849. The molecule has 166 valence electrons. The van der Waals surface area contributed by atoms with E-state index in [1.54, 1.807) is 14.0 Å². The molecule has 7 nitrogen and oxygen atoms in total. The first kappa shape index (κ1) is 21.7. The van der Waals surface area contributed by atoms with Gasteiger partial charge in [-0.1, -0.05) is 18.2 Å². The molecule has 0 radical (unpaired) electrons. The number of aliphatic hydroxyl groups is 1. The lowest BCUT2D eigenvalue weighted by molar-refractivity contribution is -0.140. The van der Waals surface area contributed by atoms with Crippen LogP contribution in [-0.4, -0.2) is 51.3 Å². The molecule has 0 saturated carbocycles. The SMILES string of the molecule is COCCCN1C(=O)C(=O)C(=C(O)c2nc3c(C)cccn3c2C)C1c1ccc(F)cc1. The van der Waals surface area contributed by atoms with Crippen LogP contribution in [0.1, 0.15) is 35.0 Å². The molecule has 0 bridgehead atoms. The van der Waals surface area contributed by atoms with Crippen LogP contribution >= 0.6 is 0 Å². The smallest absolute Gasteiger partial charge is 0.295 e. The fourth-order valence-corrected chi connectivity index (χ4v) is 4.16. The van der Waals surface area contributed by atoms with Gasteiger partial charge in [0.15, 0.2) is 5.76 Å². The minimum Gasteiger partial charge on any atom is -0.505 e. The number of amides is 1. The van der Waals surface area contributed by atoms with Gasteiger partial charge in [-0.25, -0.2) is 9.37 Å². The predicted octanol–water partition coefficient (Wildman–Crippen LogP) is 3.55. The van der Waals surface area contributed by atoms with E-state index >= 15 is 0 Å². The molecular weight excluding hydrogens is 413 g/mol. The molecule has 0 aliphatic carbocycles. The molecule has 32 heavy (non-hydrogen) atoms. The fraction of sp³-hybridized carbons (Fsp3) is 0.292. The van der Waals surface area contributed by atoms with Gasteiger partial charge in [-0.15, -0.1) is 0 Å². The Balaban J connectivity index is 1.89. The molecule has 1 aliphatic heterocycles. The Morgan fingerprint density at radius 2 is 1.91 bits per heavy atom. The van der Waals surface area contributed by atoms with Crippen LogP contribution < -0.4 is 0 Å². The van der Waals surface area contributed by atoms with Crippen molar-refractivity contribution in [2.24, 2.45) is 0 Å². The molecule has 1 aromatic carbocycles. The van der Waals surface area contributed by atoms with Gasteiger partial charge in [-0.05, 0) is 49.6 Å². The van der Waals surface area contributed by atoms with E-state index in [1.165, 1.54) is 29.2 Å². The number of hydrogen-bond acceptors (Lipinski definition) is 5. The van der Waals surface area contributed by atoms with E-state index in [9.17, 15) is 19.1 Å². The molecule has 1 N–H and O–H groups in total. The van der Waals surface area contributed by atoms with Crippen LogP contribution in [0.15, 0.2) is 48.2 Å². The number of nitrogens with zero attached hydrogens (tertiary/aromatic N) is 3. The number of aliphatic hydroxyl groups excluding tert-OH is 1. The standard InChI is InChI=1S/C24H24FN3O4/c1-14-6-4-11-27-15(2)19(26-23(14)27)21(29)18-20(16-7-9-17(25)10-8-16)28(12-5-13-32-3)24(31)22(18)30/h4,6-11,20,29H,5,12-13H2,1-3H3. The van der Waals surface area contributed by atoms with Crippen LogP contribution in [0, 0.1) is 19.7 Å². The number of benzene rings is 1. The van der Waals surface area contributed by atoms with Gasteiger partial charge in [0.25, 0.3) is 11.7 Å². The van der Waals surface area contributed by atoms with E-state index in [-0.39, 0.29) is 23.6 Å². The van der Waals surface area contributed by atoms with Gasteiger partial charge in [-0.3, -0.25) is 9.59 Å². The van der Waals surface area contributed by atoms with Gasteiger partial charge in [0.05, 0.1) is 17.3 Å². The lowest BCUT2D eigenvalue weighted by Gasteiger charge is -2.25. The number of pyridine rings is 1. The third-order valence-electron chi connectivity index (χ3n) is 5.78. The van der Waals surface area contributed by atoms with Gasteiger partial charge in [0.1, 0.15) is 17.2 Å². The number of hydrogen-bond donors (Lipinski definition) is 1. The maximum absolute atomic E-state index is 13.6. The van der Waals surface area contributed by atoms with Crippen LogP contribution in [0.5, 0.6) is 0 Å². The first-order valence-corrected chi connectivity index (χ1v) is 10.3. The maximum Gasteiger partial charge on any atom is 0.295 e. The molecule has 1 fully saturated rings. The van der Waals surface area contributed by atoms with Crippen molar-refractivity contribution in [2.45, 2.75) is 26.3 Å². The zero-order valence-corrected chi connectivity index (χ0v) is 18.1. The van der Waals surface area contributed by atoms with E-state index in [0.29, 0.717) is 29.9 Å². The largest absolute Gasteiger partial charge is 0.505 e. The Labute approximate surface area is 184 Å². The summed E-state index contributed by atoms with van der Waals surface area (Å²) in [5, 5.41) is 11.3. The van der Waals surface area contributed by atoms with E-state index in [0.717, 1.165) is 5.56 Å². The highest BCUT2D eigenvalue weighted by molar-refractivity contribution is 6.46. The van der Waals surface area contributed by atoms with E-state index < -0.39 is 23.5 Å². The Kier molecular flexibility index (Phi) is 5.80. The summed E-state index contributed by atoms with van der Waals surface area (Å²) in [6.07, 6.45) is 2.33. The number of halogens is 1. The molecule has 3 heterocycles. The van der Waals surface area contributed by atoms with Crippen molar-refractivity contribution in [3.63, 3.8) is 0 Å². The van der Waals surface area contributed by atoms with Crippen molar-refractivity contribution in [2.75, 3.05) is 20.3 Å². The van der Waals surface area contributed by atoms with Crippen LogP contribution in [0.3, 0.4) is 0 Å². The van der Waals surface area contributed by atoms with Crippen molar-refractivity contribution in [3.05, 3.63) is 76.5 Å². The Morgan fingerprint density at radius 3 is 2.56 bits per heavy atom. The summed E-state index contributed by atoms with van der Waals surface area (Å²) in [4.78, 5) is 31.9. The van der Waals surface area contributed by atoms with Crippen molar-refractivity contribution in [3.8, 4) is 0 Å². The highest BCUT2D eigenvalue weighted by Gasteiger charge is 2.46. The number of likely N-dealkylation sites (tertiary alicyclic amines) is 1. The predicted molar refractivity (Wildman–Crippen MR) is 117 cm³/mol. The van der Waals surface area contributed by atoms with Gasteiger partial charge in [0, 0.05) is 26.5 Å². The van der Waals surface area contributed by atoms with Crippen molar-refractivity contribution >= 4 is 23.1 Å². The van der Waals surface area contributed by atoms with Crippen LogP contribution in [0.4, 0.5) is 4.39 Å². The Morgan fingerprint density at radius 1 is 1.19 bits per heavy atom. The summed E-state index contributed by atoms with van der Waals surface area (Å²) in [6.45, 7) is 4.35. The summed E-state index contributed by atoms with van der Waals surface area (Å²) in [6, 6.07) is 8.49. The van der Waals surface area contributed by atoms with E-state index in [4.69, 9.17) is 4.74 Å². The highest BCUT2D eigenvalue weighted by atomic mass is 19.1. The number of ether oxygens (including phenoxy) is 1. The molecule has 4 rings (SSSR count). The quantitative estimate of drug-likeness (QED) is 0.276. The van der Waals surface area contributed by atoms with Crippen LogP contribution in [0.2, 0.25) is 0 Å². The van der Waals surface area contributed by atoms with Gasteiger partial charge < -0.3 is 19.1 Å². The third-order valence-corrected chi connectivity index (χ3v) is 5.78. The average Bonchev–Trinajstić information content (AvgIpc) is 3.25. The molecule has 1 saturated heterocycles. The lowest BCUT2D eigenvalue weighted by Crippen LogP contribution is -2.31. The molecule has 2 aromatic heterocycles. The molecule has 3 aromatic rings. The number of carbonyl (C=O) groups is 2. The molecule has 1 atom stereocenters. The number of aryl methyl sites for hydroxylation is 2. The number of rotatable bonds is 6. The second kappa shape index (κ2) is 8.55. The van der Waals surface area contributed by atoms with E-state index in [2.05, 4.69) is 4.98 Å². The number of imidazole rings is 1. The minimum absolute atomic E-state index is 0.0526. The molecule has 1 aliphatic rings. The Bertz CT molecular complexity index is 1230. The molecule has 1 unspecified atom stereocenters. The third kappa shape index (κ3) is 3.56. The first-order chi connectivity index (χ1) is 15.3. The van der Waals surface area contributed by atoms with E-state index in [1.807, 2.05) is 29.7 Å². The highest BCUT2D eigenvalue weighted by Crippen LogP contribution is 2.40. The zero-order valence-electron chi connectivity index (χ0n) is 18.1. The number of ketones is 1. The first-order valence-electron chi connectivity index (χ1n) is 10.3. The zero-order chi connectivity index (χ0) is 23.0. The van der Waals surface area contributed by atoms with Gasteiger partial charge in [0.2, 0.25) is 0 Å². The van der Waals surface area contributed by atoms with Crippen molar-refractivity contribution in [1.29, 1.82) is 0 Å². The van der Waals surface area contributed by atoms with Crippen LogP contribution in [-0.2, 0) is 14.3 Å². The monoisotopic (exact) mass is 437 g/mol. The number of methoxy groups -OCH3 is 1. The van der Waals surface area contributed by atoms with Crippen LogP contribution in [0.25, 0.3) is 11.4 Å².